The van der Waals surface area contributed by atoms with Gasteiger partial charge in [0.15, 0.2) is 0 Å². The molecule has 0 aromatic carbocycles. The molecule has 0 aliphatic heterocycles. The zero-order chi connectivity index (χ0) is 14.0. The quantitative estimate of drug-likeness (QED) is 0.658. The summed E-state index contributed by atoms with van der Waals surface area (Å²) in [6.45, 7) is 5.57. The van der Waals surface area contributed by atoms with E-state index in [2.05, 4.69) is 10.6 Å². The van der Waals surface area contributed by atoms with E-state index in [4.69, 9.17) is 5.11 Å². The van der Waals surface area contributed by atoms with E-state index in [1.54, 1.807) is 20.8 Å². The molecule has 1 saturated carbocycles. The summed E-state index contributed by atoms with van der Waals surface area (Å²) in [7, 11) is 0. The van der Waals surface area contributed by atoms with Crippen LogP contribution in [0.15, 0.2) is 0 Å². The van der Waals surface area contributed by atoms with Crippen molar-refractivity contribution >= 4 is 17.8 Å². The molecule has 6 heteroatoms. The lowest BCUT2D eigenvalue weighted by Crippen LogP contribution is -2.44. The smallest absolute Gasteiger partial charge is 0.329 e. The normalized spacial score (nSPS) is 16.8. The molecule has 0 radical (unpaired) electrons. The van der Waals surface area contributed by atoms with Crippen LogP contribution in [0.4, 0.5) is 0 Å². The van der Waals surface area contributed by atoms with Gasteiger partial charge in [0.2, 0.25) is 11.8 Å². The summed E-state index contributed by atoms with van der Waals surface area (Å²) >= 11 is 0. The monoisotopic (exact) mass is 256 g/mol. The average Bonchev–Trinajstić information content (AvgIpc) is 2.97. The minimum Gasteiger partial charge on any atom is -0.480 e. The van der Waals surface area contributed by atoms with Gasteiger partial charge in [-0.25, -0.2) is 4.79 Å². The summed E-state index contributed by atoms with van der Waals surface area (Å²) < 4.78 is 0. The van der Waals surface area contributed by atoms with E-state index in [1.807, 2.05) is 0 Å². The van der Waals surface area contributed by atoms with Crippen molar-refractivity contribution in [3.63, 3.8) is 0 Å². The van der Waals surface area contributed by atoms with Crippen molar-refractivity contribution < 1.29 is 19.5 Å². The van der Waals surface area contributed by atoms with Gasteiger partial charge in [0.25, 0.3) is 0 Å². The first-order valence-electron chi connectivity index (χ1n) is 6.00. The maximum Gasteiger partial charge on any atom is 0.329 e. The average molecular weight is 256 g/mol. The number of carboxylic acids is 1. The highest BCUT2D eigenvalue weighted by Gasteiger charge is 2.51. The van der Waals surface area contributed by atoms with Gasteiger partial charge in [0.05, 0.1) is 0 Å². The second-order valence-electron chi connectivity index (χ2n) is 5.69. The fourth-order valence-electron chi connectivity index (χ4n) is 1.40. The lowest BCUT2D eigenvalue weighted by Gasteiger charge is -2.18. The third-order valence-electron chi connectivity index (χ3n) is 2.86. The first-order chi connectivity index (χ1) is 8.17. The highest BCUT2D eigenvalue weighted by molar-refractivity contribution is 5.89. The van der Waals surface area contributed by atoms with Crippen LogP contribution < -0.4 is 10.6 Å². The Morgan fingerprint density at radius 1 is 1.22 bits per heavy atom. The predicted octanol–water partition coefficient (Wildman–Crippen LogP) is 0.272. The van der Waals surface area contributed by atoms with Gasteiger partial charge in [0.1, 0.15) is 5.54 Å². The topological polar surface area (TPSA) is 95.5 Å². The van der Waals surface area contributed by atoms with E-state index in [0.717, 1.165) is 0 Å². The Bertz CT molecular complexity index is 367. The molecule has 0 saturated heterocycles. The number of amides is 2. The van der Waals surface area contributed by atoms with Crippen LogP contribution >= 0.6 is 0 Å². The summed E-state index contributed by atoms with van der Waals surface area (Å²) in [6, 6.07) is 0. The molecule has 102 valence electrons. The van der Waals surface area contributed by atoms with E-state index in [-0.39, 0.29) is 24.8 Å². The molecule has 0 aromatic heterocycles. The molecule has 1 aliphatic carbocycles. The third kappa shape index (κ3) is 3.72. The van der Waals surface area contributed by atoms with E-state index in [0.29, 0.717) is 12.8 Å². The number of carboxylic acid groups (broad SMARTS) is 1. The van der Waals surface area contributed by atoms with Gasteiger partial charge >= 0.3 is 5.97 Å². The number of carbonyl (C=O) groups excluding carboxylic acids is 2. The van der Waals surface area contributed by atoms with Gasteiger partial charge in [-0.3, -0.25) is 9.59 Å². The molecular weight excluding hydrogens is 236 g/mol. The van der Waals surface area contributed by atoms with Gasteiger partial charge in [0, 0.05) is 18.4 Å². The van der Waals surface area contributed by atoms with Crippen molar-refractivity contribution in [3.8, 4) is 0 Å². The molecular formula is C12H20N2O4. The molecule has 0 spiro atoms. The summed E-state index contributed by atoms with van der Waals surface area (Å²) in [5.74, 6) is -1.46. The first kappa shape index (κ1) is 14.5. The third-order valence-corrected chi connectivity index (χ3v) is 2.86. The van der Waals surface area contributed by atoms with Gasteiger partial charge in [-0.2, -0.15) is 0 Å². The maximum absolute atomic E-state index is 11.5. The maximum atomic E-state index is 11.5. The molecule has 0 aromatic rings. The molecule has 1 aliphatic rings. The number of carbonyl (C=O) groups is 3. The molecule has 6 nitrogen and oxygen atoms in total. The molecule has 0 atom stereocenters. The minimum atomic E-state index is -1.05. The van der Waals surface area contributed by atoms with Crippen molar-refractivity contribution in [2.75, 3.05) is 6.54 Å². The lowest BCUT2D eigenvalue weighted by atomic mass is 9.96. The number of nitrogens with one attached hydrogen (secondary N) is 2. The molecule has 1 fully saturated rings. The van der Waals surface area contributed by atoms with E-state index >= 15 is 0 Å². The van der Waals surface area contributed by atoms with E-state index in [9.17, 15) is 14.4 Å². The van der Waals surface area contributed by atoms with Gasteiger partial charge in [-0.15, -0.1) is 0 Å². The Balaban J connectivity index is 2.27. The van der Waals surface area contributed by atoms with E-state index < -0.39 is 16.9 Å². The lowest BCUT2D eigenvalue weighted by molar-refractivity contribution is -0.143. The molecule has 3 N–H and O–H groups in total. The van der Waals surface area contributed by atoms with Gasteiger partial charge < -0.3 is 15.7 Å². The van der Waals surface area contributed by atoms with Crippen molar-refractivity contribution in [2.24, 2.45) is 5.41 Å². The Morgan fingerprint density at radius 2 is 1.78 bits per heavy atom. The summed E-state index contributed by atoms with van der Waals surface area (Å²) in [4.78, 5) is 33.9. The SMILES string of the molecule is CC(C)(C)C(=O)NCCC(=O)NC1(C(=O)O)CC1. The zero-order valence-corrected chi connectivity index (χ0v) is 11.0. The Labute approximate surface area is 106 Å². The van der Waals surface area contributed by atoms with Gasteiger partial charge in [-0.1, -0.05) is 20.8 Å². The van der Waals surface area contributed by atoms with Gasteiger partial charge in [-0.05, 0) is 12.8 Å². The fourth-order valence-corrected chi connectivity index (χ4v) is 1.40. The van der Waals surface area contributed by atoms with Crippen LogP contribution in [0.25, 0.3) is 0 Å². The molecule has 0 bridgehead atoms. The van der Waals surface area contributed by atoms with Crippen molar-refractivity contribution in [1.29, 1.82) is 0 Å². The number of rotatable bonds is 5. The van der Waals surface area contributed by atoms with Crippen molar-refractivity contribution in [1.82, 2.24) is 10.6 Å². The van der Waals surface area contributed by atoms with Crippen LogP contribution in [0.5, 0.6) is 0 Å². The summed E-state index contributed by atoms with van der Waals surface area (Å²) in [6.07, 6.45) is 1.04. The molecule has 2 amide bonds. The minimum absolute atomic E-state index is 0.0941. The summed E-state index contributed by atoms with van der Waals surface area (Å²) in [5.41, 5.74) is -1.54. The summed E-state index contributed by atoms with van der Waals surface area (Å²) in [5, 5.41) is 14.0. The van der Waals surface area contributed by atoms with Crippen LogP contribution in [-0.2, 0) is 14.4 Å². The fraction of sp³-hybridized carbons (Fsp3) is 0.750. The van der Waals surface area contributed by atoms with Crippen LogP contribution in [-0.4, -0.2) is 35.0 Å². The Kier molecular flexibility index (Phi) is 3.98. The first-order valence-corrected chi connectivity index (χ1v) is 6.00. The molecule has 0 heterocycles. The highest BCUT2D eigenvalue weighted by Crippen LogP contribution is 2.35. The highest BCUT2D eigenvalue weighted by atomic mass is 16.4. The predicted molar refractivity (Wildman–Crippen MR) is 64.8 cm³/mol. The molecule has 0 unspecified atom stereocenters. The molecule has 1 rings (SSSR count). The number of aliphatic carboxylic acids is 1. The van der Waals surface area contributed by atoms with Crippen LogP contribution in [0.1, 0.15) is 40.0 Å². The second kappa shape index (κ2) is 4.96. The number of hydrogen-bond acceptors (Lipinski definition) is 3. The van der Waals surface area contributed by atoms with Crippen molar-refractivity contribution in [2.45, 2.75) is 45.6 Å². The van der Waals surface area contributed by atoms with Crippen molar-refractivity contribution in [3.05, 3.63) is 0 Å². The van der Waals surface area contributed by atoms with E-state index in [1.165, 1.54) is 0 Å². The Morgan fingerprint density at radius 3 is 2.17 bits per heavy atom. The number of hydrogen-bond donors (Lipinski definition) is 3. The largest absolute Gasteiger partial charge is 0.480 e. The zero-order valence-electron chi connectivity index (χ0n) is 11.0. The Hall–Kier alpha value is -1.59. The van der Waals surface area contributed by atoms with Crippen LogP contribution in [0.3, 0.4) is 0 Å². The molecule has 18 heavy (non-hydrogen) atoms. The second-order valence-corrected chi connectivity index (χ2v) is 5.69. The van der Waals surface area contributed by atoms with Crippen LogP contribution in [0, 0.1) is 5.41 Å². The standard InChI is InChI=1S/C12H20N2O4/c1-11(2,3)9(16)13-7-4-8(15)14-12(5-6-12)10(17)18/h4-7H2,1-3H3,(H,13,16)(H,14,15)(H,17,18). The van der Waals surface area contributed by atoms with Crippen LogP contribution in [0.2, 0.25) is 0 Å².